The topological polar surface area (TPSA) is 91.3 Å². The summed E-state index contributed by atoms with van der Waals surface area (Å²) in [6.07, 6.45) is 1.59. The Labute approximate surface area is 164 Å². The number of ether oxygens (including phenoxy) is 3. The average molecular weight is 398 g/mol. The van der Waals surface area contributed by atoms with Gasteiger partial charge in [0.1, 0.15) is 0 Å². The van der Waals surface area contributed by atoms with E-state index in [-0.39, 0.29) is 5.69 Å². The second-order valence-electron chi connectivity index (χ2n) is 5.90. The second-order valence-corrected chi connectivity index (χ2v) is 6.94. The Kier molecular flexibility index (Phi) is 4.74. The molecule has 0 unspecified atom stereocenters. The predicted molar refractivity (Wildman–Crippen MR) is 107 cm³/mol. The SMILES string of the molecule is COc1ccc(-c2cnc3[nH]c(=O)n(Cc4cccs4)c3n2)c(OC)c1OC. The van der Waals surface area contributed by atoms with Crippen molar-refractivity contribution in [1.29, 1.82) is 0 Å². The second kappa shape index (κ2) is 7.35. The number of hydrogen-bond donors (Lipinski definition) is 1. The minimum atomic E-state index is -0.250. The van der Waals surface area contributed by atoms with Gasteiger partial charge >= 0.3 is 5.69 Å². The van der Waals surface area contributed by atoms with Crippen molar-refractivity contribution in [2.75, 3.05) is 21.3 Å². The number of nitrogens with zero attached hydrogens (tertiary/aromatic N) is 3. The summed E-state index contributed by atoms with van der Waals surface area (Å²) in [6, 6.07) is 7.53. The summed E-state index contributed by atoms with van der Waals surface area (Å²) >= 11 is 1.58. The first-order valence-electron chi connectivity index (χ1n) is 8.43. The van der Waals surface area contributed by atoms with Crippen LogP contribution in [0.15, 0.2) is 40.6 Å². The van der Waals surface area contributed by atoms with Gasteiger partial charge in [-0.2, -0.15) is 0 Å². The van der Waals surface area contributed by atoms with Gasteiger partial charge in [-0.3, -0.25) is 9.55 Å². The highest BCUT2D eigenvalue weighted by Crippen LogP contribution is 2.43. The van der Waals surface area contributed by atoms with Gasteiger partial charge in [0.05, 0.1) is 39.8 Å². The molecule has 0 radical (unpaired) electrons. The van der Waals surface area contributed by atoms with Crippen molar-refractivity contribution >= 4 is 22.6 Å². The maximum absolute atomic E-state index is 12.4. The molecule has 9 heteroatoms. The molecular formula is C19H18N4O4S. The van der Waals surface area contributed by atoms with Gasteiger partial charge in [-0.1, -0.05) is 6.07 Å². The third-order valence-corrected chi connectivity index (χ3v) is 5.22. The number of H-pyrrole nitrogens is 1. The van der Waals surface area contributed by atoms with Crippen LogP contribution in [0.5, 0.6) is 17.2 Å². The average Bonchev–Trinajstić information content (AvgIpc) is 3.34. The Morgan fingerprint density at radius 2 is 1.93 bits per heavy atom. The van der Waals surface area contributed by atoms with Crippen LogP contribution in [-0.4, -0.2) is 40.8 Å². The summed E-state index contributed by atoms with van der Waals surface area (Å²) in [5.74, 6) is 1.50. The van der Waals surface area contributed by atoms with Crippen LogP contribution in [0.3, 0.4) is 0 Å². The highest BCUT2D eigenvalue weighted by atomic mass is 32.1. The van der Waals surface area contributed by atoms with Gasteiger partial charge < -0.3 is 14.2 Å². The Bertz CT molecular complexity index is 1180. The molecule has 1 aromatic carbocycles. The van der Waals surface area contributed by atoms with Crippen molar-refractivity contribution in [2.24, 2.45) is 0 Å². The lowest BCUT2D eigenvalue weighted by molar-refractivity contribution is 0.325. The molecule has 28 heavy (non-hydrogen) atoms. The van der Waals surface area contributed by atoms with Crippen LogP contribution in [-0.2, 0) is 6.54 Å². The molecule has 0 fully saturated rings. The Balaban J connectivity index is 1.87. The number of benzene rings is 1. The highest BCUT2D eigenvalue weighted by Gasteiger charge is 2.19. The number of fused-ring (bicyclic) bond motifs is 1. The minimum Gasteiger partial charge on any atom is -0.493 e. The zero-order valence-corrected chi connectivity index (χ0v) is 16.4. The molecule has 1 N–H and O–H groups in total. The number of hydrogen-bond acceptors (Lipinski definition) is 7. The molecule has 3 aromatic heterocycles. The Hall–Kier alpha value is -3.33. The molecule has 144 valence electrons. The fraction of sp³-hybridized carbons (Fsp3) is 0.211. The molecule has 4 aromatic rings. The van der Waals surface area contributed by atoms with Crippen molar-refractivity contribution in [2.45, 2.75) is 6.54 Å². The summed E-state index contributed by atoms with van der Waals surface area (Å²) < 4.78 is 17.9. The number of methoxy groups -OCH3 is 3. The monoisotopic (exact) mass is 398 g/mol. The Morgan fingerprint density at radius 3 is 2.61 bits per heavy atom. The van der Waals surface area contributed by atoms with Crippen LogP contribution in [0.2, 0.25) is 0 Å². The van der Waals surface area contributed by atoms with E-state index in [1.165, 1.54) is 0 Å². The summed E-state index contributed by atoms with van der Waals surface area (Å²) in [5.41, 5.74) is 1.91. The van der Waals surface area contributed by atoms with Crippen molar-refractivity contribution < 1.29 is 14.2 Å². The molecule has 0 atom stereocenters. The van der Waals surface area contributed by atoms with Gasteiger partial charge in [-0.15, -0.1) is 11.3 Å². The normalized spacial score (nSPS) is 11.0. The van der Waals surface area contributed by atoms with Crippen LogP contribution >= 0.6 is 11.3 Å². The minimum absolute atomic E-state index is 0.250. The standard InChI is InChI=1S/C19H18N4O4S/c1-25-14-7-6-12(15(26-2)16(14)27-3)13-9-20-17-18(21-13)23(19(24)22-17)10-11-5-4-8-28-11/h4-9H,10H2,1-3H3,(H,20,22,24). The fourth-order valence-corrected chi connectivity index (χ4v) is 3.75. The summed E-state index contributed by atoms with van der Waals surface area (Å²) in [4.78, 5) is 25.3. The van der Waals surface area contributed by atoms with Gasteiger partial charge in [0.2, 0.25) is 5.75 Å². The molecule has 0 saturated heterocycles. The highest BCUT2D eigenvalue weighted by molar-refractivity contribution is 7.09. The summed E-state index contributed by atoms with van der Waals surface area (Å²) in [7, 11) is 4.66. The molecule has 4 rings (SSSR count). The molecule has 0 aliphatic heterocycles. The quantitative estimate of drug-likeness (QED) is 0.537. The van der Waals surface area contributed by atoms with Crippen LogP contribution in [0, 0.1) is 0 Å². The largest absolute Gasteiger partial charge is 0.493 e. The lowest BCUT2D eigenvalue weighted by Gasteiger charge is -2.15. The fourth-order valence-electron chi connectivity index (χ4n) is 3.06. The van der Waals surface area contributed by atoms with E-state index >= 15 is 0 Å². The van der Waals surface area contributed by atoms with Crippen molar-refractivity contribution in [3.8, 4) is 28.5 Å². The molecule has 0 saturated carbocycles. The van der Waals surface area contributed by atoms with E-state index < -0.39 is 0 Å². The number of nitrogens with one attached hydrogen (secondary N) is 1. The molecule has 0 aliphatic rings. The number of aromatic nitrogens is 4. The van der Waals surface area contributed by atoms with Crippen LogP contribution in [0.4, 0.5) is 0 Å². The van der Waals surface area contributed by atoms with Crippen LogP contribution in [0.1, 0.15) is 4.88 Å². The van der Waals surface area contributed by atoms with E-state index in [4.69, 9.17) is 14.2 Å². The first-order chi connectivity index (χ1) is 13.7. The molecule has 0 bridgehead atoms. The summed E-state index contributed by atoms with van der Waals surface area (Å²) in [5, 5.41) is 1.97. The zero-order valence-electron chi connectivity index (χ0n) is 15.6. The zero-order chi connectivity index (χ0) is 19.7. The van der Waals surface area contributed by atoms with E-state index in [2.05, 4.69) is 15.0 Å². The smallest absolute Gasteiger partial charge is 0.329 e. The maximum atomic E-state index is 12.4. The number of aromatic amines is 1. The van der Waals surface area contributed by atoms with E-state index in [1.54, 1.807) is 49.5 Å². The molecule has 0 spiro atoms. The number of thiophene rings is 1. The van der Waals surface area contributed by atoms with Crippen LogP contribution < -0.4 is 19.9 Å². The number of rotatable bonds is 6. The first-order valence-corrected chi connectivity index (χ1v) is 9.31. The maximum Gasteiger partial charge on any atom is 0.329 e. The molecule has 0 amide bonds. The van der Waals surface area contributed by atoms with Gasteiger partial charge in [0.15, 0.2) is 22.8 Å². The van der Waals surface area contributed by atoms with E-state index in [1.807, 2.05) is 23.6 Å². The first kappa shape index (κ1) is 18.1. The van der Waals surface area contributed by atoms with Crippen molar-refractivity contribution in [3.05, 3.63) is 51.2 Å². The third-order valence-electron chi connectivity index (χ3n) is 4.35. The predicted octanol–water partition coefficient (Wildman–Crippen LogP) is 2.92. The van der Waals surface area contributed by atoms with E-state index in [0.29, 0.717) is 46.3 Å². The molecular weight excluding hydrogens is 380 g/mol. The van der Waals surface area contributed by atoms with Gasteiger partial charge in [0.25, 0.3) is 0 Å². The van der Waals surface area contributed by atoms with Gasteiger partial charge in [-0.05, 0) is 23.6 Å². The van der Waals surface area contributed by atoms with Gasteiger partial charge in [-0.25, -0.2) is 14.8 Å². The number of imidazole rings is 1. The van der Waals surface area contributed by atoms with Gasteiger partial charge in [0, 0.05) is 10.4 Å². The Morgan fingerprint density at radius 1 is 1.11 bits per heavy atom. The van der Waals surface area contributed by atoms with E-state index in [0.717, 1.165) is 4.88 Å². The molecule has 8 nitrogen and oxygen atoms in total. The van der Waals surface area contributed by atoms with Crippen molar-refractivity contribution in [3.63, 3.8) is 0 Å². The van der Waals surface area contributed by atoms with Crippen LogP contribution in [0.25, 0.3) is 22.6 Å². The molecule has 0 aliphatic carbocycles. The third kappa shape index (κ3) is 2.99. The van der Waals surface area contributed by atoms with E-state index in [9.17, 15) is 4.79 Å². The molecule has 3 heterocycles. The lowest BCUT2D eigenvalue weighted by Crippen LogP contribution is -2.17. The lowest BCUT2D eigenvalue weighted by atomic mass is 10.1. The summed E-state index contributed by atoms with van der Waals surface area (Å²) in [6.45, 7) is 0.428. The van der Waals surface area contributed by atoms with Crippen molar-refractivity contribution in [1.82, 2.24) is 19.5 Å².